The molecule has 0 aromatic carbocycles. The number of imidazole rings is 1. The summed E-state index contributed by atoms with van der Waals surface area (Å²) >= 11 is 1.53. The van der Waals surface area contributed by atoms with Crippen molar-refractivity contribution in [3.8, 4) is 0 Å². The number of piperidine rings is 1. The number of thioether (sulfide) groups is 1. The first kappa shape index (κ1) is 20.2. The average molecular weight is 421 g/mol. The monoisotopic (exact) mass is 420 g/mol. The van der Waals surface area contributed by atoms with Crippen molar-refractivity contribution in [3.63, 3.8) is 0 Å². The molecular weight excluding hydrogens is 392 g/mol. The quantitative estimate of drug-likeness (QED) is 0.393. The highest BCUT2D eigenvalue weighted by molar-refractivity contribution is 8.01. The second-order valence-corrected chi connectivity index (χ2v) is 10.3. The molecule has 0 saturated carbocycles. The number of carboxylic acids is 1. The van der Waals surface area contributed by atoms with Crippen LogP contribution in [0.25, 0.3) is 0 Å². The summed E-state index contributed by atoms with van der Waals surface area (Å²) in [7, 11) is 0. The first-order valence-electron chi connectivity index (χ1n) is 10.0. The van der Waals surface area contributed by atoms with Gasteiger partial charge in [0.1, 0.15) is 17.2 Å². The van der Waals surface area contributed by atoms with Gasteiger partial charge < -0.3 is 25.2 Å². The molecule has 9 nitrogen and oxygen atoms in total. The van der Waals surface area contributed by atoms with E-state index in [0.29, 0.717) is 12.5 Å². The van der Waals surface area contributed by atoms with Gasteiger partial charge >= 0.3 is 5.97 Å². The number of likely N-dealkylation sites (tertiary alicyclic amines) is 1. The van der Waals surface area contributed by atoms with Crippen molar-refractivity contribution < 1.29 is 14.7 Å². The number of hydrogen-bond acceptors (Lipinski definition) is 6. The van der Waals surface area contributed by atoms with E-state index in [1.165, 1.54) is 16.7 Å². The number of fused-ring (bicyclic) bond motifs is 1. The number of carboxylic acid groups (broad SMARTS) is 1. The van der Waals surface area contributed by atoms with E-state index < -0.39 is 22.8 Å². The number of nitrogens with two attached hydrogens (primary N) is 1. The van der Waals surface area contributed by atoms with Gasteiger partial charge in [-0.05, 0) is 32.6 Å². The summed E-state index contributed by atoms with van der Waals surface area (Å²) in [4.78, 5) is 36.5. The molecule has 3 aliphatic heterocycles. The van der Waals surface area contributed by atoms with Crippen LogP contribution in [0.3, 0.4) is 0 Å². The Kier molecular flexibility index (Phi) is 5.32. The molecule has 1 aromatic rings. The zero-order valence-electron chi connectivity index (χ0n) is 16.8. The zero-order valence-corrected chi connectivity index (χ0v) is 17.6. The van der Waals surface area contributed by atoms with Crippen LogP contribution in [0.1, 0.15) is 32.5 Å². The van der Waals surface area contributed by atoms with Gasteiger partial charge in [-0.1, -0.05) is 0 Å². The summed E-state index contributed by atoms with van der Waals surface area (Å²) in [5.74, 6) is 0.362. The van der Waals surface area contributed by atoms with Gasteiger partial charge in [0.25, 0.3) is 5.91 Å². The molecule has 1 aromatic heterocycles. The smallest absolute Gasteiger partial charge is 0.327 e. The van der Waals surface area contributed by atoms with Crippen molar-refractivity contribution in [2.75, 3.05) is 13.1 Å². The number of β-lactam (4-membered cyclic amide) rings is 1. The lowest BCUT2D eigenvalue weighted by Crippen LogP contribution is -2.65. The number of amides is 1. The van der Waals surface area contributed by atoms with Crippen molar-refractivity contribution in [3.05, 3.63) is 18.2 Å². The number of nitrogens with zero attached hydrogens (tertiary/aromatic N) is 5. The lowest BCUT2D eigenvalue weighted by Gasteiger charge is -2.41. The number of aliphatic imine (C=N–C) groups is 1. The maximum Gasteiger partial charge on any atom is 0.327 e. The molecule has 0 spiro atoms. The second-order valence-electron chi connectivity index (χ2n) is 8.49. The maximum absolute atomic E-state index is 12.5. The molecule has 1 amide bonds. The van der Waals surface area contributed by atoms with E-state index in [1.807, 2.05) is 20.0 Å². The molecule has 0 unspecified atom stereocenters. The van der Waals surface area contributed by atoms with Crippen LogP contribution < -0.4 is 5.73 Å². The van der Waals surface area contributed by atoms with E-state index >= 15 is 0 Å². The van der Waals surface area contributed by atoms with Crippen molar-refractivity contribution >= 4 is 30.0 Å². The fourth-order valence-corrected chi connectivity index (χ4v) is 6.14. The van der Waals surface area contributed by atoms with Crippen LogP contribution in [0.2, 0.25) is 0 Å². The highest BCUT2D eigenvalue weighted by atomic mass is 32.2. The van der Waals surface area contributed by atoms with E-state index in [0.717, 1.165) is 38.3 Å². The van der Waals surface area contributed by atoms with Crippen LogP contribution in [0, 0.1) is 5.92 Å². The molecule has 158 valence electrons. The lowest BCUT2D eigenvalue weighted by molar-refractivity contribution is -0.158. The predicted octanol–water partition coefficient (Wildman–Crippen LogP) is 0.598. The summed E-state index contributed by atoms with van der Waals surface area (Å²) in [5.41, 5.74) is 5.72. The Labute approximate surface area is 174 Å². The molecule has 4 heterocycles. The van der Waals surface area contributed by atoms with E-state index in [2.05, 4.69) is 19.4 Å². The third-order valence-corrected chi connectivity index (χ3v) is 7.68. The summed E-state index contributed by atoms with van der Waals surface area (Å²) in [6.45, 7) is 6.93. The summed E-state index contributed by atoms with van der Waals surface area (Å²) in [5, 5.41) is 9.31. The molecule has 3 fully saturated rings. The third kappa shape index (κ3) is 3.63. The zero-order chi connectivity index (χ0) is 20.8. The fourth-order valence-electron chi connectivity index (χ4n) is 4.52. The van der Waals surface area contributed by atoms with Gasteiger partial charge in [-0.2, -0.15) is 0 Å². The molecule has 3 saturated heterocycles. The Hall–Kier alpha value is -2.07. The van der Waals surface area contributed by atoms with Gasteiger partial charge in [0.2, 0.25) is 0 Å². The Morgan fingerprint density at radius 2 is 2.17 bits per heavy atom. The van der Waals surface area contributed by atoms with Gasteiger partial charge in [0.15, 0.2) is 6.04 Å². The minimum atomic E-state index is -0.946. The molecule has 0 bridgehead atoms. The number of hydrogen-bond donors (Lipinski definition) is 2. The number of carbonyl (C=O) groups is 2. The molecule has 29 heavy (non-hydrogen) atoms. The SMILES string of the molecule is CC1(C)S[C@@H]2[C@H](N=CN3CCC(Cn4ccnc4CN)CC3)C(=O)N2[C@H]1C(=O)O. The van der Waals surface area contributed by atoms with E-state index in [9.17, 15) is 14.7 Å². The van der Waals surface area contributed by atoms with Crippen molar-refractivity contribution in [2.24, 2.45) is 16.6 Å². The molecule has 3 atom stereocenters. The van der Waals surface area contributed by atoms with Gasteiger partial charge in [-0.25, -0.2) is 9.78 Å². The molecule has 0 radical (unpaired) electrons. The molecule has 3 aliphatic rings. The normalized spacial score (nSPS) is 29.3. The minimum Gasteiger partial charge on any atom is -0.480 e. The van der Waals surface area contributed by atoms with Crippen LogP contribution in [0.15, 0.2) is 17.4 Å². The summed E-state index contributed by atoms with van der Waals surface area (Å²) < 4.78 is 1.62. The van der Waals surface area contributed by atoms with Crippen LogP contribution in [0.4, 0.5) is 0 Å². The molecular formula is C19H28N6O3S. The fraction of sp³-hybridized carbons (Fsp3) is 0.684. The van der Waals surface area contributed by atoms with Crippen molar-refractivity contribution in [2.45, 2.75) is 62.0 Å². The van der Waals surface area contributed by atoms with Gasteiger partial charge in [0.05, 0.1) is 12.9 Å². The van der Waals surface area contributed by atoms with Crippen LogP contribution in [-0.4, -0.2) is 78.0 Å². The van der Waals surface area contributed by atoms with Gasteiger partial charge in [-0.15, -0.1) is 11.8 Å². The first-order valence-corrected chi connectivity index (χ1v) is 10.9. The van der Waals surface area contributed by atoms with E-state index in [-0.39, 0.29) is 11.3 Å². The molecule has 4 rings (SSSR count). The lowest BCUT2D eigenvalue weighted by atomic mass is 9.96. The number of rotatable bonds is 6. The van der Waals surface area contributed by atoms with Crippen LogP contribution in [0.5, 0.6) is 0 Å². The predicted molar refractivity (Wildman–Crippen MR) is 110 cm³/mol. The highest BCUT2D eigenvalue weighted by Gasteiger charge is 2.63. The summed E-state index contributed by atoms with van der Waals surface area (Å²) in [6, 6.07) is -1.26. The highest BCUT2D eigenvalue weighted by Crippen LogP contribution is 2.51. The standard InChI is InChI=1S/C19H28N6O3S/c1-19(2)15(18(27)28)25-16(26)14(17(25)29-19)22-11-23-6-3-12(4-7-23)10-24-8-5-21-13(24)9-20/h5,8,11-12,14-15,17H,3-4,6-7,9-10,20H2,1-2H3,(H,27,28)/t14-,15+,17-/m1/s1. The number of aliphatic carboxylic acids is 1. The maximum atomic E-state index is 12.5. The molecule has 10 heteroatoms. The topological polar surface area (TPSA) is 117 Å². The van der Waals surface area contributed by atoms with Crippen LogP contribution >= 0.6 is 11.8 Å². The largest absolute Gasteiger partial charge is 0.480 e. The number of aromatic nitrogens is 2. The average Bonchev–Trinajstić information content (AvgIpc) is 3.22. The van der Waals surface area contributed by atoms with Crippen molar-refractivity contribution in [1.29, 1.82) is 0 Å². The summed E-state index contributed by atoms with van der Waals surface area (Å²) in [6.07, 6.45) is 7.66. The molecule has 3 N–H and O–H groups in total. The van der Waals surface area contributed by atoms with Gasteiger partial charge in [-0.3, -0.25) is 9.79 Å². The van der Waals surface area contributed by atoms with E-state index in [4.69, 9.17) is 5.73 Å². The van der Waals surface area contributed by atoms with E-state index in [1.54, 1.807) is 12.5 Å². The van der Waals surface area contributed by atoms with Crippen LogP contribution in [-0.2, 0) is 22.7 Å². The van der Waals surface area contributed by atoms with Gasteiger partial charge in [0, 0.05) is 36.8 Å². The first-order chi connectivity index (χ1) is 13.8. The number of carbonyl (C=O) groups excluding carboxylic acids is 1. The minimum absolute atomic E-state index is 0.177. The molecule has 0 aliphatic carbocycles. The Morgan fingerprint density at radius 3 is 2.83 bits per heavy atom. The van der Waals surface area contributed by atoms with Crippen molar-refractivity contribution in [1.82, 2.24) is 19.4 Å². The second kappa shape index (κ2) is 7.64. The third-order valence-electron chi connectivity index (χ3n) is 6.13. The Balaban J connectivity index is 1.30. The Morgan fingerprint density at radius 1 is 1.45 bits per heavy atom. The Bertz CT molecular complexity index is 817.